The molecule has 30 heavy (non-hydrogen) atoms. The molecular weight excluding hydrogens is 420 g/mol. The number of rotatable bonds is 8. The van der Waals surface area contributed by atoms with Crippen molar-refractivity contribution in [3.8, 4) is 5.69 Å². The number of nitrogens with zero attached hydrogens (tertiary/aromatic N) is 5. The maximum atomic E-state index is 12.8. The lowest BCUT2D eigenvalue weighted by molar-refractivity contribution is 0.0946. The Morgan fingerprint density at radius 2 is 1.83 bits per heavy atom. The van der Waals surface area contributed by atoms with E-state index in [0.29, 0.717) is 39.8 Å². The molecule has 158 valence electrons. The molecule has 1 aromatic carbocycles. The van der Waals surface area contributed by atoms with Gasteiger partial charge in [0.15, 0.2) is 10.9 Å². The number of nitrogens with one attached hydrogen (secondary N) is 1. The van der Waals surface area contributed by atoms with Crippen LogP contribution in [0.25, 0.3) is 5.69 Å². The van der Waals surface area contributed by atoms with E-state index in [0.717, 1.165) is 23.5 Å². The lowest BCUT2D eigenvalue weighted by atomic mass is 10.1. The monoisotopic (exact) mass is 444 g/mol. The number of hydrogen-bond donors (Lipinski definition) is 1. The van der Waals surface area contributed by atoms with Crippen molar-refractivity contribution < 1.29 is 4.79 Å². The zero-order chi connectivity index (χ0) is 21.7. The number of thioether (sulfide) groups is 1. The molecule has 0 aliphatic rings. The molecule has 3 rings (SSSR count). The van der Waals surface area contributed by atoms with Gasteiger partial charge in [-0.1, -0.05) is 42.4 Å². The van der Waals surface area contributed by atoms with Crippen molar-refractivity contribution in [2.45, 2.75) is 45.0 Å². The van der Waals surface area contributed by atoms with Gasteiger partial charge in [-0.3, -0.25) is 4.79 Å². The number of aromatic nitrogens is 5. The smallest absolute Gasteiger partial charge is 0.273 e. The minimum absolute atomic E-state index is 0.229. The first-order valence-corrected chi connectivity index (χ1v) is 11.1. The summed E-state index contributed by atoms with van der Waals surface area (Å²) in [6.07, 6.45) is 0.900. The van der Waals surface area contributed by atoms with Crippen molar-refractivity contribution in [1.29, 1.82) is 0 Å². The van der Waals surface area contributed by atoms with Crippen LogP contribution in [0.4, 0.5) is 0 Å². The molecule has 7 nitrogen and oxygen atoms in total. The number of hydrogen-bond acceptors (Lipinski definition) is 6. The molecule has 0 bridgehead atoms. The van der Waals surface area contributed by atoms with Crippen LogP contribution in [-0.2, 0) is 5.75 Å². The second-order valence-electron chi connectivity index (χ2n) is 7.43. The van der Waals surface area contributed by atoms with Crippen LogP contribution in [0.1, 0.15) is 47.8 Å². The number of halogens is 1. The van der Waals surface area contributed by atoms with Gasteiger partial charge < -0.3 is 5.32 Å². The minimum Gasteiger partial charge on any atom is -0.351 e. The molecule has 0 aliphatic heterocycles. The molecule has 1 amide bonds. The third-order valence-corrected chi connectivity index (χ3v) is 5.47. The summed E-state index contributed by atoms with van der Waals surface area (Å²) in [7, 11) is 0. The van der Waals surface area contributed by atoms with Gasteiger partial charge in [0.25, 0.3) is 5.91 Å². The minimum atomic E-state index is -0.229. The average molecular weight is 445 g/mol. The van der Waals surface area contributed by atoms with Crippen LogP contribution in [-0.4, -0.2) is 37.4 Å². The predicted octanol–water partition coefficient (Wildman–Crippen LogP) is 4.40. The van der Waals surface area contributed by atoms with Gasteiger partial charge in [0.2, 0.25) is 0 Å². The molecule has 0 atom stereocenters. The van der Waals surface area contributed by atoms with Gasteiger partial charge in [0.05, 0.1) is 11.4 Å². The van der Waals surface area contributed by atoms with Crippen LogP contribution < -0.4 is 5.32 Å². The Kier molecular flexibility index (Phi) is 7.44. The molecule has 0 aliphatic carbocycles. The lowest BCUT2D eigenvalue weighted by Gasteiger charge is -2.09. The van der Waals surface area contributed by atoms with E-state index in [1.165, 1.54) is 11.8 Å². The van der Waals surface area contributed by atoms with E-state index in [9.17, 15) is 4.79 Å². The van der Waals surface area contributed by atoms with Gasteiger partial charge in [-0.05, 0) is 56.5 Å². The van der Waals surface area contributed by atoms with Crippen molar-refractivity contribution in [2.24, 2.45) is 5.92 Å². The molecule has 0 saturated heterocycles. The van der Waals surface area contributed by atoms with Crippen molar-refractivity contribution in [1.82, 2.24) is 30.3 Å². The Bertz CT molecular complexity index is 999. The standard InChI is InChI=1S/C21H25ClN6OS/c1-13(2)9-10-23-20(29)19-18(12-30-21-24-14(3)11-15(4)25-21)28(27-26-19)17-7-5-16(22)6-8-17/h5-8,11,13H,9-10,12H2,1-4H3,(H,23,29). The Balaban J connectivity index is 1.88. The molecule has 0 spiro atoms. The summed E-state index contributed by atoms with van der Waals surface area (Å²) in [6.45, 7) is 8.71. The first-order chi connectivity index (χ1) is 14.3. The SMILES string of the molecule is Cc1cc(C)nc(SCc2c(C(=O)NCCC(C)C)nnn2-c2ccc(Cl)cc2)n1. The zero-order valence-corrected chi connectivity index (χ0v) is 19.1. The summed E-state index contributed by atoms with van der Waals surface area (Å²) in [6, 6.07) is 9.19. The molecule has 9 heteroatoms. The van der Waals surface area contributed by atoms with Gasteiger partial charge >= 0.3 is 0 Å². The third-order valence-electron chi connectivity index (χ3n) is 4.36. The number of carbonyl (C=O) groups excluding carboxylic acids is 1. The number of carbonyl (C=O) groups is 1. The lowest BCUT2D eigenvalue weighted by Crippen LogP contribution is -2.26. The van der Waals surface area contributed by atoms with Crippen LogP contribution in [0, 0.1) is 19.8 Å². The fraction of sp³-hybridized carbons (Fsp3) is 0.381. The summed E-state index contributed by atoms with van der Waals surface area (Å²) in [5.74, 6) is 0.727. The Hall–Kier alpha value is -2.45. The van der Waals surface area contributed by atoms with Crippen LogP contribution in [0.3, 0.4) is 0 Å². The topological polar surface area (TPSA) is 85.6 Å². The van der Waals surface area contributed by atoms with E-state index in [1.807, 2.05) is 32.0 Å². The van der Waals surface area contributed by atoms with E-state index in [-0.39, 0.29) is 5.91 Å². The molecule has 0 fully saturated rings. The maximum Gasteiger partial charge on any atom is 0.273 e. The summed E-state index contributed by atoms with van der Waals surface area (Å²) in [4.78, 5) is 21.7. The van der Waals surface area contributed by atoms with Gasteiger partial charge in [0.1, 0.15) is 0 Å². The van der Waals surface area contributed by atoms with Crippen LogP contribution in [0.2, 0.25) is 5.02 Å². The molecule has 3 aromatic rings. The van der Waals surface area contributed by atoms with Crippen LogP contribution >= 0.6 is 23.4 Å². The summed E-state index contributed by atoms with van der Waals surface area (Å²) in [5.41, 5.74) is 3.59. The third kappa shape index (κ3) is 5.79. The highest BCUT2D eigenvalue weighted by molar-refractivity contribution is 7.98. The summed E-state index contributed by atoms with van der Waals surface area (Å²) in [5, 5.41) is 12.6. The van der Waals surface area contributed by atoms with Gasteiger partial charge in [0, 0.05) is 28.7 Å². The Labute approximate surface area is 185 Å². The molecule has 0 unspecified atom stereocenters. The highest BCUT2D eigenvalue weighted by Crippen LogP contribution is 2.24. The van der Waals surface area contributed by atoms with Gasteiger partial charge in [-0.25, -0.2) is 14.6 Å². The van der Waals surface area contributed by atoms with E-state index in [1.54, 1.807) is 16.8 Å². The second kappa shape index (κ2) is 10.0. The highest BCUT2D eigenvalue weighted by atomic mass is 35.5. The number of aryl methyl sites for hydroxylation is 2. The fourth-order valence-corrected chi connectivity index (χ4v) is 3.91. The highest BCUT2D eigenvalue weighted by Gasteiger charge is 2.21. The van der Waals surface area contributed by atoms with E-state index < -0.39 is 0 Å². The molecule has 0 saturated carbocycles. The predicted molar refractivity (Wildman–Crippen MR) is 119 cm³/mol. The number of benzene rings is 1. The quantitative estimate of drug-likeness (QED) is 0.409. The second-order valence-corrected chi connectivity index (χ2v) is 8.81. The van der Waals surface area contributed by atoms with Crippen LogP contribution in [0.5, 0.6) is 0 Å². The maximum absolute atomic E-state index is 12.8. The van der Waals surface area contributed by atoms with Crippen molar-refractivity contribution in [3.05, 3.63) is 58.1 Å². The van der Waals surface area contributed by atoms with Crippen molar-refractivity contribution >= 4 is 29.3 Å². The molecule has 2 heterocycles. The van der Waals surface area contributed by atoms with Crippen molar-refractivity contribution in [3.63, 3.8) is 0 Å². The first-order valence-electron chi connectivity index (χ1n) is 9.77. The largest absolute Gasteiger partial charge is 0.351 e. The zero-order valence-electron chi connectivity index (χ0n) is 17.5. The summed E-state index contributed by atoms with van der Waals surface area (Å²) < 4.78 is 1.67. The van der Waals surface area contributed by atoms with Gasteiger partial charge in [-0.15, -0.1) is 5.10 Å². The molecule has 2 aromatic heterocycles. The molecular formula is C21H25ClN6OS. The normalized spacial score (nSPS) is 11.1. The Morgan fingerprint density at radius 1 is 1.17 bits per heavy atom. The van der Waals surface area contributed by atoms with E-state index in [4.69, 9.17) is 11.6 Å². The summed E-state index contributed by atoms with van der Waals surface area (Å²) >= 11 is 7.47. The number of amides is 1. The van der Waals surface area contributed by atoms with E-state index >= 15 is 0 Å². The van der Waals surface area contributed by atoms with Crippen molar-refractivity contribution in [2.75, 3.05) is 6.54 Å². The van der Waals surface area contributed by atoms with E-state index in [2.05, 4.69) is 39.4 Å². The molecule has 1 N–H and O–H groups in total. The fourth-order valence-electron chi connectivity index (χ4n) is 2.85. The van der Waals surface area contributed by atoms with Crippen LogP contribution in [0.15, 0.2) is 35.5 Å². The Morgan fingerprint density at radius 3 is 2.47 bits per heavy atom. The first kappa shape index (κ1) is 22.2. The average Bonchev–Trinajstić information content (AvgIpc) is 3.10. The molecule has 0 radical (unpaired) electrons. The van der Waals surface area contributed by atoms with Gasteiger partial charge in [-0.2, -0.15) is 0 Å².